The lowest BCUT2D eigenvalue weighted by Gasteiger charge is -2.22. The predicted octanol–water partition coefficient (Wildman–Crippen LogP) is 2.85. The van der Waals surface area contributed by atoms with E-state index in [1.165, 1.54) is 6.07 Å². The molecule has 2 heterocycles. The third kappa shape index (κ3) is 2.34. The first-order valence-electron chi connectivity index (χ1n) is 6.35. The van der Waals surface area contributed by atoms with Gasteiger partial charge in [-0.2, -0.15) is 0 Å². The van der Waals surface area contributed by atoms with Gasteiger partial charge in [0, 0.05) is 12.0 Å². The van der Waals surface area contributed by atoms with Gasteiger partial charge < -0.3 is 14.8 Å². The molecule has 0 fully saturated rings. The van der Waals surface area contributed by atoms with Gasteiger partial charge >= 0.3 is 5.97 Å². The summed E-state index contributed by atoms with van der Waals surface area (Å²) in [5, 5.41) is 11.8. The molecule has 3 rings (SSSR count). The number of thiophene rings is 1. The Bertz CT molecular complexity index is 658. The average Bonchev–Trinajstić information content (AvgIpc) is 3.08. The second-order valence-electron chi connectivity index (χ2n) is 4.69. The largest absolute Gasteiger partial charge is 0.477 e. The Kier molecular flexibility index (Phi) is 3.31. The van der Waals surface area contributed by atoms with Gasteiger partial charge in [-0.3, -0.25) is 4.79 Å². The van der Waals surface area contributed by atoms with Crippen molar-refractivity contribution in [3.05, 3.63) is 45.5 Å². The van der Waals surface area contributed by atoms with Crippen LogP contribution in [0.2, 0.25) is 0 Å². The minimum absolute atomic E-state index is 0.0552. The highest BCUT2D eigenvalue weighted by Crippen LogP contribution is 2.31. The first-order chi connectivity index (χ1) is 9.65. The molecule has 20 heavy (non-hydrogen) atoms. The zero-order chi connectivity index (χ0) is 14.1. The molecule has 1 aliphatic carbocycles. The fourth-order valence-electron chi connectivity index (χ4n) is 2.44. The SMILES string of the molecule is O=C(O)c1ccc(C(=O)N[C@H]2CCCc3occc32)s1. The first kappa shape index (κ1) is 12.9. The van der Waals surface area contributed by atoms with Gasteiger partial charge in [-0.25, -0.2) is 4.79 Å². The topological polar surface area (TPSA) is 79.5 Å². The lowest BCUT2D eigenvalue weighted by Crippen LogP contribution is -2.29. The smallest absolute Gasteiger partial charge is 0.345 e. The fraction of sp³-hybridized carbons (Fsp3) is 0.286. The maximum absolute atomic E-state index is 12.2. The third-order valence-corrected chi connectivity index (χ3v) is 4.47. The van der Waals surface area contributed by atoms with Gasteiger partial charge in [0.2, 0.25) is 0 Å². The Morgan fingerprint density at radius 1 is 1.30 bits per heavy atom. The van der Waals surface area contributed by atoms with Crippen molar-refractivity contribution < 1.29 is 19.1 Å². The first-order valence-corrected chi connectivity index (χ1v) is 7.17. The van der Waals surface area contributed by atoms with Crippen LogP contribution < -0.4 is 5.32 Å². The molecule has 0 bridgehead atoms. The molecule has 5 nitrogen and oxygen atoms in total. The van der Waals surface area contributed by atoms with Crippen LogP contribution in [0.4, 0.5) is 0 Å². The zero-order valence-electron chi connectivity index (χ0n) is 10.6. The van der Waals surface area contributed by atoms with Crippen LogP contribution in [-0.2, 0) is 6.42 Å². The summed E-state index contributed by atoms with van der Waals surface area (Å²) in [6.07, 6.45) is 4.38. The number of carboxylic acids is 1. The molecule has 1 atom stereocenters. The van der Waals surface area contributed by atoms with Gasteiger partial charge in [0.05, 0.1) is 17.2 Å². The van der Waals surface area contributed by atoms with E-state index >= 15 is 0 Å². The Hall–Kier alpha value is -2.08. The Morgan fingerprint density at radius 3 is 2.85 bits per heavy atom. The van der Waals surface area contributed by atoms with Gasteiger partial charge in [-0.15, -0.1) is 11.3 Å². The quantitative estimate of drug-likeness (QED) is 0.911. The van der Waals surface area contributed by atoms with Crippen molar-refractivity contribution in [1.29, 1.82) is 0 Å². The monoisotopic (exact) mass is 291 g/mol. The van der Waals surface area contributed by atoms with Gasteiger partial charge in [-0.05, 0) is 31.0 Å². The van der Waals surface area contributed by atoms with Gasteiger partial charge in [-0.1, -0.05) is 0 Å². The number of hydrogen-bond donors (Lipinski definition) is 2. The van der Waals surface area contributed by atoms with Crippen molar-refractivity contribution >= 4 is 23.2 Å². The number of fused-ring (bicyclic) bond motifs is 1. The van der Waals surface area contributed by atoms with E-state index < -0.39 is 5.97 Å². The van der Waals surface area contributed by atoms with Crippen LogP contribution in [0.25, 0.3) is 0 Å². The molecule has 2 aromatic rings. The highest BCUT2D eigenvalue weighted by molar-refractivity contribution is 7.15. The maximum atomic E-state index is 12.2. The van der Waals surface area contributed by atoms with Crippen LogP contribution in [0.5, 0.6) is 0 Å². The normalized spacial score (nSPS) is 17.5. The van der Waals surface area contributed by atoms with E-state index in [1.54, 1.807) is 12.3 Å². The number of carbonyl (C=O) groups excluding carboxylic acids is 1. The van der Waals surface area contributed by atoms with E-state index in [9.17, 15) is 9.59 Å². The van der Waals surface area contributed by atoms with E-state index in [4.69, 9.17) is 9.52 Å². The summed E-state index contributed by atoms with van der Waals surface area (Å²) in [5.41, 5.74) is 1.03. The molecule has 104 valence electrons. The van der Waals surface area contributed by atoms with E-state index in [-0.39, 0.29) is 16.8 Å². The molecule has 0 saturated carbocycles. The molecule has 6 heteroatoms. The number of hydrogen-bond acceptors (Lipinski definition) is 4. The molecule has 2 aromatic heterocycles. The third-order valence-electron chi connectivity index (χ3n) is 3.40. The number of aromatic carboxylic acids is 1. The van der Waals surface area contributed by atoms with Crippen LogP contribution >= 0.6 is 11.3 Å². The second kappa shape index (κ2) is 5.13. The lowest BCUT2D eigenvalue weighted by molar-refractivity contribution is 0.0702. The molecule has 1 aliphatic rings. The lowest BCUT2D eigenvalue weighted by atomic mass is 9.93. The number of rotatable bonds is 3. The summed E-state index contributed by atoms with van der Waals surface area (Å²) in [5.74, 6) is -0.315. The summed E-state index contributed by atoms with van der Waals surface area (Å²) in [7, 11) is 0. The minimum Gasteiger partial charge on any atom is -0.477 e. The van der Waals surface area contributed by atoms with Crippen molar-refractivity contribution in [3.8, 4) is 0 Å². The highest BCUT2D eigenvalue weighted by atomic mass is 32.1. The number of aryl methyl sites for hydroxylation is 1. The van der Waals surface area contributed by atoms with Crippen molar-refractivity contribution in [2.24, 2.45) is 0 Å². The van der Waals surface area contributed by atoms with Gasteiger partial charge in [0.15, 0.2) is 0 Å². The number of nitrogens with one attached hydrogen (secondary N) is 1. The van der Waals surface area contributed by atoms with E-state index in [0.717, 1.165) is 41.9 Å². The maximum Gasteiger partial charge on any atom is 0.345 e. The van der Waals surface area contributed by atoms with Crippen LogP contribution in [0.3, 0.4) is 0 Å². The molecular weight excluding hydrogens is 278 g/mol. The minimum atomic E-state index is -1.01. The van der Waals surface area contributed by atoms with Crippen molar-refractivity contribution in [2.45, 2.75) is 25.3 Å². The molecule has 0 radical (unpaired) electrons. The molecule has 0 saturated heterocycles. The Morgan fingerprint density at radius 2 is 2.10 bits per heavy atom. The van der Waals surface area contributed by atoms with Crippen molar-refractivity contribution in [2.75, 3.05) is 0 Å². The summed E-state index contributed by atoms with van der Waals surface area (Å²) in [6, 6.07) is 4.82. The Labute approximate surface area is 119 Å². The summed E-state index contributed by atoms with van der Waals surface area (Å²) < 4.78 is 5.38. The van der Waals surface area contributed by atoms with Crippen LogP contribution in [-0.4, -0.2) is 17.0 Å². The predicted molar refractivity (Wildman–Crippen MR) is 73.1 cm³/mol. The van der Waals surface area contributed by atoms with E-state index in [1.807, 2.05) is 6.07 Å². The highest BCUT2D eigenvalue weighted by Gasteiger charge is 2.25. The fourth-order valence-corrected chi connectivity index (χ4v) is 3.19. The zero-order valence-corrected chi connectivity index (χ0v) is 11.4. The second-order valence-corrected chi connectivity index (χ2v) is 5.77. The molecule has 0 spiro atoms. The summed E-state index contributed by atoms with van der Waals surface area (Å²) in [4.78, 5) is 23.6. The van der Waals surface area contributed by atoms with Crippen LogP contribution in [0, 0.1) is 0 Å². The van der Waals surface area contributed by atoms with Crippen LogP contribution in [0.1, 0.15) is 49.6 Å². The number of carboxylic acid groups (broad SMARTS) is 1. The van der Waals surface area contributed by atoms with Gasteiger partial charge in [0.25, 0.3) is 5.91 Å². The molecule has 0 aromatic carbocycles. The average molecular weight is 291 g/mol. The van der Waals surface area contributed by atoms with E-state index in [0.29, 0.717) is 4.88 Å². The van der Waals surface area contributed by atoms with Gasteiger partial charge in [0.1, 0.15) is 10.6 Å². The molecule has 0 aliphatic heterocycles. The van der Waals surface area contributed by atoms with Crippen LogP contribution in [0.15, 0.2) is 28.9 Å². The number of carbonyl (C=O) groups is 2. The molecular formula is C14H13NO4S. The summed E-state index contributed by atoms with van der Waals surface area (Å²) >= 11 is 0.986. The van der Waals surface area contributed by atoms with Crippen molar-refractivity contribution in [1.82, 2.24) is 5.32 Å². The summed E-state index contributed by atoms with van der Waals surface area (Å²) in [6.45, 7) is 0. The Balaban J connectivity index is 1.75. The van der Waals surface area contributed by atoms with E-state index in [2.05, 4.69) is 5.32 Å². The number of amides is 1. The standard InChI is InChI=1S/C14H13NO4S/c16-13(11-4-5-12(20-11)14(17)18)15-9-2-1-3-10-8(9)6-7-19-10/h4-7,9H,1-3H2,(H,15,16)(H,17,18)/t9-/m0/s1. The molecule has 0 unspecified atom stereocenters. The number of furan rings is 1. The molecule has 2 N–H and O–H groups in total. The molecule has 1 amide bonds. The van der Waals surface area contributed by atoms with Crippen molar-refractivity contribution in [3.63, 3.8) is 0 Å².